The molecule has 8 aromatic rings. The Hall–Kier alpha value is -4.61. The monoisotopic (exact) mass is 946 g/mol. The van der Waals surface area contributed by atoms with Gasteiger partial charge in [-0.1, -0.05) is 78.9 Å². The molecule has 54 heavy (non-hydrogen) atoms. The molecule has 0 fully saturated rings. The molecule has 1 radical (unpaired) electrons. The van der Waals surface area contributed by atoms with E-state index in [0.29, 0.717) is 5.92 Å². The van der Waals surface area contributed by atoms with Gasteiger partial charge in [0.1, 0.15) is 5.58 Å². The van der Waals surface area contributed by atoms with Crippen LogP contribution in [0.4, 0.5) is 0 Å². The average molecular weight is 945 g/mol. The maximum atomic E-state index is 8.62. The molecular weight excluding hydrogens is 897 g/mol. The number of pyridine rings is 2. The van der Waals surface area contributed by atoms with Crippen LogP contribution in [-0.2, 0) is 20.1 Å². The van der Waals surface area contributed by atoms with Crippen LogP contribution in [0.1, 0.15) is 52.0 Å². The summed E-state index contributed by atoms with van der Waals surface area (Å²) < 4.78 is 16.3. The van der Waals surface area contributed by atoms with E-state index in [2.05, 4.69) is 151 Å². The number of furan rings is 1. The van der Waals surface area contributed by atoms with E-state index in [-0.39, 0.29) is 20.1 Å². The first kappa shape index (κ1) is 37.7. The first-order valence-corrected chi connectivity index (χ1v) is 25.7. The van der Waals surface area contributed by atoms with Crippen LogP contribution >= 0.6 is 0 Å². The van der Waals surface area contributed by atoms with E-state index in [1.807, 2.05) is 50.5 Å². The Balaban J connectivity index is 0.000000184. The molecule has 0 bridgehead atoms. The van der Waals surface area contributed by atoms with Gasteiger partial charge in [0, 0.05) is 31.7 Å². The Labute approximate surface area is 338 Å². The number of aromatic nitrogens is 2. The molecule has 0 saturated carbocycles. The fourth-order valence-corrected chi connectivity index (χ4v) is 10.0. The van der Waals surface area contributed by atoms with Crippen LogP contribution in [0.2, 0.25) is 17.3 Å². The van der Waals surface area contributed by atoms with Crippen molar-refractivity contribution in [2.45, 2.75) is 56.8 Å². The van der Waals surface area contributed by atoms with Crippen LogP contribution in [0.25, 0.3) is 66.7 Å². The second kappa shape index (κ2) is 16.8. The summed E-state index contributed by atoms with van der Waals surface area (Å²) >= 11 is -2.10. The van der Waals surface area contributed by atoms with Gasteiger partial charge in [-0.2, -0.15) is 0 Å². The molecule has 0 saturated heterocycles. The molecule has 3 aromatic heterocycles. The summed E-state index contributed by atoms with van der Waals surface area (Å²) in [6.07, 6.45) is 3.89. The van der Waals surface area contributed by atoms with Gasteiger partial charge in [-0.25, -0.2) is 0 Å². The summed E-state index contributed by atoms with van der Waals surface area (Å²) in [7, 11) is 0. The molecule has 5 heteroatoms. The molecule has 0 N–H and O–H groups in total. The number of hydrogen-bond acceptors (Lipinski definition) is 3. The molecule has 0 unspecified atom stereocenters. The topological polar surface area (TPSA) is 38.9 Å². The summed E-state index contributed by atoms with van der Waals surface area (Å²) in [6.45, 7) is 8.31. The molecule has 3 nitrogen and oxygen atoms in total. The van der Waals surface area contributed by atoms with Crippen LogP contribution in [-0.4, -0.2) is 23.2 Å². The van der Waals surface area contributed by atoms with Crippen molar-refractivity contribution in [1.29, 1.82) is 0 Å². The van der Waals surface area contributed by atoms with E-state index < -0.39 is 19.2 Å². The number of nitrogens with zero attached hydrogens (tertiary/aromatic N) is 2. The minimum Gasteiger partial charge on any atom is 0 e. The van der Waals surface area contributed by atoms with Crippen molar-refractivity contribution in [3.8, 4) is 44.8 Å². The summed E-state index contributed by atoms with van der Waals surface area (Å²) in [5.41, 5.74) is 12.5. The largest absolute Gasteiger partial charge is 0 e. The Bertz CT molecular complexity index is 2550. The zero-order valence-electron chi connectivity index (χ0n) is 33.0. The van der Waals surface area contributed by atoms with Gasteiger partial charge >= 0.3 is 156 Å². The van der Waals surface area contributed by atoms with E-state index in [0.717, 1.165) is 61.1 Å². The summed E-state index contributed by atoms with van der Waals surface area (Å²) in [6, 6.07) is 50.3. The Morgan fingerprint density at radius 3 is 1.96 bits per heavy atom. The van der Waals surface area contributed by atoms with Gasteiger partial charge < -0.3 is 9.40 Å². The standard InChI is InChI=1S/C26H20NO.C23H26GeN.Ir/c1-17(2)19-13-14-27-24(15-19)23-10-6-9-22-21-12-11-20(16-25(21)28-26(22)23)18-7-4-3-5-8-18;1-17(2)21-15-23(25-16-22(21)24(3,4)5)20-13-9-12-19(14-20)18-10-7-6-8-11-18;/h3-9,11-17H,1-2H3;6-12,14-17H,1-5H3;/q2*-1;/i;17D;. The summed E-state index contributed by atoms with van der Waals surface area (Å²) in [5, 5.41) is 2.21. The third-order valence-corrected chi connectivity index (χ3v) is 13.9. The molecule has 0 aliphatic rings. The van der Waals surface area contributed by atoms with Gasteiger partial charge in [0.05, 0.1) is 5.58 Å². The van der Waals surface area contributed by atoms with Crippen molar-refractivity contribution < 1.29 is 25.9 Å². The zero-order valence-corrected chi connectivity index (χ0v) is 36.5. The van der Waals surface area contributed by atoms with E-state index in [9.17, 15) is 0 Å². The first-order chi connectivity index (χ1) is 25.9. The number of fused-ring (bicyclic) bond motifs is 3. The van der Waals surface area contributed by atoms with Gasteiger partial charge in [-0.05, 0) is 34.9 Å². The smallest absolute Gasteiger partial charge is 0 e. The van der Waals surface area contributed by atoms with Gasteiger partial charge in [0.25, 0.3) is 0 Å². The fraction of sp³-hybridized carbons (Fsp3) is 0.184. The minimum atomic E-state index is -2.10. The third-order valence-electron chi connectivity index (χ3n) is 9.68. The Morgan fingerprint density at radius 1 is 0.648 bits per heavy atom. The van der Waals surface area contributed by atoms with Crippen LogP contribution in [0.15, 0.2) is 144 Å². The molecular formula is C49H46GeIrN2O-2. The van der Waals surface area contributed by atoms with Crippen LogP contribution < -0.4 is 4.40 Å². The number of hydrogen-bond donors (Lipinski definition) is 0. The molecule has 3 heterocycles. The summed E-state index contributed by atoms with van der Waals surface area (Å²) in [5.74, 6) is 6.88. The molecule has 0 amide bonds. The Kier molecular flexibility index (Phi) is 11.7. The molecule has 0 spiro atoms. The van der Waals surface area contributed by atoms with E-state index in [4.69, 9.17) is 10.8 Å². The Morgan fingerprint density at radius 2 is 1.31 bits per heavy atom. The predicted molar refractivity (Wildman–Crippen MR) is 226 cm³/mol. The van der Waals surface area contributed by atoms with Gasteiger partial charge in [0.2, 0.25) is 0 Å². The molecule has 0 atom stereocenters. The van der Waals surface area contributed by atoms with Crippen LogP contribution in [0.5, 0.6) is 0 Å². The number of benzene rings is 5. The molecule has 0 aliphatic carbocycles. The van der Waals surface area contributed by atoms with Crippen molar-refractivity contribution in [3.05, 3.63) is 163 Å². The van der Waals surface area contributed by atoms with Crippen molar-refractivity contribution in [2.75, 3.05) is 0 Å². The normalized spacial score (nSPS) is 11.9. The third kappa shape index (κ3) is 8.52. The van der Waals surface area contributed by atoms with E-state index in [1.165, 1.54) is 21.1 Å². The minimum absolute atomic E-state index is 0. The maximum absolute atomic E-state index is 8.62. The molecule has 273 valence electrons. The summed E-state index contributed by atoms with van der Waals surface area (Å²) in [4.78, 5) is 9.34. The molecule has 0 aliphatic heterocycles. The zero-order chi connectivity index (χ0) is 38.0. The predicted octanol–water partition coefficient (Wildman–Crippen LogP) is 13.1. The quantitative estimate of drug-likeness (QED) is 0.118. The number of rotatable bonds is 7. The van der Waals surface area contributed by atoms with Crippen molar-refractivity contribution in [2.24, 2.45) is 0 Å². The molecule has 5 aromatic carbocycles. The van der Waals surface area contributed by atoms with Gasteiger partial charge in [0.15, 0.2) is 0 Å². The SMILES string of the molecule is CC(C)c1ccnc(-c2[c-]ccc3c2oc2cc(-c4ccccc4)ccc23)c1.[2H]C(C)(C)c1cc(-c2[c-]ccc(-c3ccccc3)c2)nc[c]1[Ge]([CH3])([CH3])[CH3].[Ir]. The van der Waals surface area contributed by atoms with Gasteiger partial charge in [-0.3, -0.25) is 0 Å². The maximum Gasteiger partial charge on any atom is 0 e. The van der Waals surface area contributed by atoms with Crippen molar-refractivity contribution >= 4 is 39.6 Å². The van der Waals surface area contributed by atoms with Crippen LogP contribution in [0.3, 0.4) is 0 Å². The average Bonchev–Trinajstić information content (AvgIpc) is 3.56. The molecule has 8 rings (SSSR count). The van der Waals surface area contributed by atoms with Crippen LogP contribution in [0, 0.1) is 12.1 Å². The van der Waals surface area contributed by atoms with Gasteiger partial charge in [-0.15, -0.1) is 18.2 Å². The van der Waals surface area contributed by atoms with Crippen molar-refractivity contribution in [1.82, 2.24) is 9.97 Å². The first-order valence-electron chi connectivity index (χ1n) is 18.8. The van der Waals surface area contributed by atoms with Crippen molar-refractivity contribution in [3.63, 3.8) is 0 Å². The fourth-order valence-electron chi connectivity index (χ4n) is 6.72. The second-order valence-corrected chi connectivity index (χ2v) is 25.7. The van der Waals surface area contributed by atoms with E-state index >= 15 is 0 Å². The second-order valence-electron chi connectivity index (χ2n) is 15.1. The van der Waals surface area contributed by atoms with E-state index in [1.54, 1.807) is 0 Å².